The summed E-state index contributed by atoms with van der Waals surface area (Å²) >= 11 is 0. The predicted octanol–water partition coefficient (Wildman–Crippen LogP) is 14.1. The van der Waals surface area contributed by atoms with Crippen LogP contribution < -0.4 is 0 Å². The van der Waals surface area contributed by atoms with Crippen LogP contribution in [0.4, 0.5) is 0 Å². The van der Waals surface area contributed by atoms with Crippen molar-refractivity contribution >= 4 is 71.3 Å². The van der Waals surface area contributed by atoms with Crippen LogP contribution in [0.15, 0.2) is 161 Å². The Bertz CT molecular complexity index is 2920. The number of hydrogen-bond donors (Lipinski definition) is 0. The minimum atomic E-state index is 0.882. The first kappa shape index (κ1) is 28.6. The van der Waals surface area contributed by atoms with Crippen molar-refractivity contribution < 1.29 is 8.83 Å². The highest BCUT2D eigenvalue weighted by atomic mass is 16.3. The maximum absolute atomic E-state index is 6.50. The van der Waals surface area contributed by atoms with E-state index in [9.17, 15) is 0 Å². The Hall–Kier alpha value is -6.38. The molecule has 2 heteroatoms. The Morgan fingerprint density at radius 2 is 1.00 bits per heavy atom. The van der Waals surface area contributed by atoms with Crippen molar-refractivity contribution in [3.8, 4) is 33.4 Å². The van der Waals surface area contributed by atoms with Gasteiger partial charge in [-0.25, -0.2) is 0 Å². The van der Waals surface area contributed by atoms with Crippen LogP contribution >= 0.6 is 0 Å². The van der Waals surface area contributed by atoms with Gasteiger partial charge in [0, 0.05) is 21.7 Å². The molecule has 8 aromatic carbocycles. The molecule has 0 atom stereocenters. The zero-order valence-electron chi connectivity index (χ0n) is 27.8. The van der Waals surface area contributed by atoms with E-state index in [1.165, 1.54) is 49.2 Å². The van der Waals surface area contributed by atoms with Gasteiger partial charge < -0.3 is 8.83 Å². The van der Waals surface area contributed by atoms with Gasteiger partial charge in [0.15, 0.2) is 0 Å². The molecule has 2 nitrogen and oxygen atoms in total. The van der Waals surface area contributed by atoms with Crippen molar-refractivity contribution in [1.82, 2.24) is 0 Å². The fraction of sp³-hybridized carbons (Fsp3) is 0.0417. The average molecular weight is 641 g/mol. The Kier molecular flexibility index (Phi) is 6.34. The molecule has 50 heavy (non-hydrogen) atoms. The van der Waals surface area contributed by atoms with E-state index in [-0.39, 0.29) is 0 Å². The summed E-state index contributed by atoms with van der Waals surface area (Å²) in [6.45, 7) is 4.07. The topological polar surface area (TPSA) is 26.3 Å². The first-order chi connectivity index (χ1) is 24.7. The molecule has 0 saturated carbocycles. The molecule has 10 aromatic rings. The summed E-state index contributed by atoms with van der Waals surface area (Å²) in [6.07, 6.45) is 4.19. The van der Waals surface area contributed by atoms with Crippen LogP contribution in [0, 0.1) is 6.92 Å². The number of benzene rings is 8. The molecule has 2 aromatic heterocycles. The van der Waals surface area contributed by atoms with E-state index < -0.39 is 0 Å². The monoisotopic (exact) mass is 640 g/mol. The molecule has 0 bridgehead atoms. The maximum Gasteiger partial charge on any atom is 0.136 e. The smallest absolute Gasteiger partial charge is 0.136 e. The number of furan rings is 2. The van der Waals surface area contributed by atoms with Crippen LogP contribution in [0.2, 0.25) is 0 Å². The fourth-order valence-electron chi connectivity index (χ4n) is 8.07. The summed E-state index contributed by atoms with van der Waals surface area (Å²) in [5.41, 5.74) is 11.1. The van der Waals surface area contributed by atoms with Gasteiger partial charge in [0.05, 0.1) is 0 Å². The molecule has 0 radical (unpaired) electrons. The van der Waals surface area contributed by atoms with E-state index in [0.717, 1.165) is 60.7 Å². The average Bonchev–Trinajstić information content (AvgIpc) is 3.69. The maximum atomic E-state index is 6.50. The predicted molar refractivity (Wildman–Crippen MR) is 212 cm³/mol. The Balaban J connectivity index is 1.09. The minimum absolute atomic E-state index is 0.882. The molecule has 0 fully saturated rings. The van der Waals surface area contributed by atoms with E-state index >= 15 is 0 Å². The standard InChI is InChI=1S/C48H32O2/c1-3-11-35-29(2)49-45-28-41-34(26-42(35)45)23-25-43-48(41)40-24-22-33(27-44(40)50-43)30-18-20-32(21-19-30)47-38-16-9-7-14-36(38)46(31-12-5-4-6-13-31)37-15-8-10-17-39(37)47/h3-28H,1-2H3/b11-3-. The van der Waals surface area contributed by atoms with E-state index in [0.29, 0.717) is 0 Å². The van der Waals surface area contributed by atoms with Crippen LogP contribution in [0.5, 0.6) is 0 Å². The number of fused-ring (bicyclic) bond motifs is 8. The normalized spacial score (nSPS) is 12.1. The van der Waals surface area contributed by atoms with Gasteiger partial charge in [0.25, 0.3) is 0 Å². The Morgan fingerprint density at radius 3 is 1.66 bits per heavy atom. The zero-order valence-corrected chi connectivity index (χ0v) is 27.8. The van der Waals surface area contributed by atoms with Gasteiger partial charge in [-0.05, 0) is 110 Å². The van der Waals surface area contributed by atoms with Gasteiger partial charge in [-0.3, -0.25) is 0 Å². The van der Waals surface area contributed by atoms with Crippen LogP contribution in [0.1, 0.15) is 18.2 Å². The lowest BCUT2D eigenvalue weighted by Gasteiger charge is -2.18. The molecule has 0 N–H and O–H groups in total. The highest BCUT2D eigenvalue weighted by molar-refractivity contribution is 6.22. The second-order valence-corrected chi connectivity index (χ2v) is 13.2. The molecule has 0 aliphatic rings. The van der Waals surface area contributed by atoms with Gasteiger partial charge in [-0.2, -0.15) is 0 Å². The quantitative estimate of drug-likeness (QED) is 0.179. The summed E-state index contributed by atoms with van der Waals surface area (Å²) in [6, 6.07) is 52.6. The summed E-state index contributed by atoms with van der Waals surface area (Å²) in [7, 11) is 0. The second kappa shape index (κ2) is 11.1. The molecule has 10 rings (SSSR count). The first-order valence-corrected chi connectivity index (χ1v) is 17.2. The molecule has 0 unspecified atom stereocenters. The van der Waals surface area contributed by atoms with Crippen LogP contribution in [0.25, 0.3) is 105 Å². The van der Waals surface area contributed by atoms with Crippen molar-refractivity contribution in [2.45, 2.75) is 13.8 Å². The molecule has 0 spiro atoms. The summed E-state index contributed by atoms with van der Waals surface area (Å²) in [5, 5.41) is 10.7. The third kappa shape index (κ3) is 4.28. The van der Waals surface area contributed by atoms with Crippen molar-refractivity contribution in [3.05, 3.63) is 163 Å². The largest absolute Gasteiger partial charge is 0.461 e. The van der Waals surface area contributed by atoms with Crippen molar-refractivity contribution in [1.29, 1.82) is 0 Å². The molecule has 0 amide bonds. The molecule has 2 heterocycles. The number of rotatable bonds is 4. The lowest BCUT2D eigenvalue weighted by Crippen LogP contribution is -1.90. The van der Waals surface area contributed by atoms with Gasteiger partial charge >= 0.3 is 0 Å². The lowest BCUT2D eigenvalue weighted by atomic mass is 9.86. The minimum Gasteiger partial charge on any atom is -0.461 e. The zero-order chi connectivity index (χ0) is 33.3. The van der Waals surface area contributed by atoms with E-state index in [1.54, 1.807) is 0 Å². The Labute approximate surface area is 289 Å². The first-order valence-electron chi connectivity index (χ1n) is 17.2. The van der Waals surface area contributed by atoms with Crippen LogP contribution in [-0.2, 0) is 0 Å². The third-order valence-corrected chi connectivity index (χ3v) is 10.3. The van der Waals surface area contributed by atoms with Gasteiger partial charge in [0.1, 0.15) is 22.5 Å². The van der Waals surface area contributed by atoms with Gasteiger partial charge in [0.2, 0.25) is 0 Å². The fourth-order valence-corrected chi connectivity index (χ4v) is 8.07. The van der Waals surface area contributed by atoms with Gasteiger partial charge in [-0.1, -0.05) is 127 Å². The van der Waals surface area contributed by atoms with Crippen molar-refractivity contribution in [2.75, 3.05) is 0 Å². The summed E-state index contributed by atoms with van der Waals surface area (Å²) < 4.78 is 12.7. The van der Waals surface area contributed by atoms with Gasteiger partial charge in [-0.15, -0.1) is 0 Å². The molecular formula is C48H32O2. The SMILES string of the molecule is C/C=C\c1c(C)oc2cc3c(ccc4oc5cc(-c6ccc(-c7c8ccccc8c(-c8ccccc8)c8ccccc78)cc6)ccc5c43)cc12. The molecule has 0 aliphatic carbocycles. The molecule has 0 aliphatic heterocycles. The summed E-state index contributed by atoms with van der Waals surface area (Å²) in [5.74, 6) is 0.933. The van der Waals surface area contributed by atoms with E-state index in [1.807, 2.05) is 13.8 Å². The molecule has 236 valence electrons. The molecule has 0 saturated heterocycles. The number of aryl methyl sites for hydroxylation is 1. The van der Waals surface area contributed by atoms with Crippen LogP contribution in [-0.4, -0.2) is 0 Å². The number of hydrogen-bond acceptors (Lipinski definition) is 2. The highest BCUT2D eigenvalue weighted by Gasteiger charge is 2.18. The third-order valence-electron chi connectivity index (χ3n) is 10.3. The number of allylic oxidation sites excluding steroid dienone is 1. The summed E-state index contributed by atoms with van der Waals surface area (Å²) in [4.78, 5) is 0. The second-order valence-electron chi connectivity index (χ2n) is 13.2. The van der Waals surface area contributed by atoms with E-state index in [2.05, 4.69) is 158 Å². The highest BCUT2D eigenvalue weighted by Crippen LogP contribution is 2.44. The van der Waals surface area contributed by atoms with Crippen molar-refractivity contribution in [3.63, 3.8) is 0 Å². The van der Waals surface area contributed by atoms with Crippen LogP contribution in [0.3, 0.4) is 0 Å². The van der Waals surface area contributed by atoms with Crippen molar-refractivity contribution in [2.24, 2.45) is 0 Å². The Morgan fingerprint density at radius 1 is 0.420 bits per heavy atom. The molecular weight excluding hydrogens is 609 g/mol. The lowest BCUT2D eigenvalue weighted by molar-refractivity contribution is 0.578. The van der Waals surface area contributed by atoms with E-state index in [4.69, 9.17) is 8.83 Å².